The van der Waals surface area contributed by atoms with Gasteiger partial charge in [-0.15, -0.1) is 0 Å². The molecular weight excluding hydrogens is 380 g/mol. The molecule has 0 spiro atoms. The van der Waals surface area contributed by atoms with Gasteiger partial charge in [0.15, 0.2) is 0 Å². The number of methoxy groups -OCH3 is 2. The highest BCUT2D eigenvalue weighted by Crippen LogP contribution is 2.23. The van der Waals surface area contributed by atoms with E-state index in [0.717, 1.165) is 6.08 Å². The summed E-state index contributed by atoms with van der Waals surface area (Å²) in [7, 11) is 2.40. The molecule has 0 aliphatic carbocycles. The Morgan fingerprint density at radius 2 is 1.79 bits per heavy atom. The maximum absolute atomic E-state index is 11.8. The molecule has 1 N–H and O–H groups in total. The molecule has 9 nitrogen and oxygen atoms in total. The summed E-state index contributed by atoms with van der Waals surface area (Å²) < 4.78 is 19.7. The van der Waals surface area contributed by atoms with Crippen molar-refractivity contribution >= 4 is 23.6 Å². The fourth-order valence-electron chi connectivity index (χ4n) is 2.12. The zero-order valence-corrected chi connectivity index (χ0v) is 16.1. The van der Waals surface area contributed by atoms with Crippen LogP contribution in [0.1, 0.15) is 17.3 Å². The standard InChI is InChI=1S/C20H20N2O7/c1-4-28-19(24)13-9-10-21-17(11-13)29-15-7-5-14(6-8-15)22-16(20(25)27-3)12-18(23)26-2/h5-12,22H,4H2,1-3H3/b16-12+. The van der Waals surface area contributed by atoms with Crippen LogP contribution in [0, 0.1) is 0 Å². The highest BCUT2D eigenvalue weighted by atomic mass is 16.5. The number of aromatic nitrogens is 1. The van der Waals surface area contributed by atoms with Gasteiger partial charge in [0.05, 0.1) is 32.5 Å². The van der Waals surface area contributed by atoms with Crippen molar-refractivity contribution in [2.24, 2.45) is 0 Å². The zero-order chi connectivity index (χ0) is 21.2. The summed E-state index contributed by atoms with van der Waals surface area (Å²) in [5, 5.41) is 2.78. The lowest BCUT2D eigenvalue weighted by molar-refractivity contribution is -0.138. The van der Waals surface area contributed by atoms with E-state index in [0.29, 0.717) is 17.0 Å². The van der Waals surface area contributed by atoms with Crippen molar-refractivity contribution in [2.45, 2.75) is 6.92 Å². The number of nitrogens with one attached hydrogen (secondary N) is 1. The zero-order valence-electron chi connectivity index (χ0n) is 16.1. The molecule has 29 heavy (non-hydrogen) atoms. The first kappa shape index (κ1) is 21.4. The number of pyridine rings is 1. The van der Waals surface area contributed by atoms with E-state index in [1.807, 2.05) is 0 Å². The Balaban J connectivity index is 2.11. The number of nitrogens with zero attached hydrogens (tertiary/aromatic N) is 1. The van der Waals surface area contributed by atoms with E-state index in [1.165, 1.54) is 32.5 Å². The minimum Gasteiger partial charge on any atom is -0.466 e. The highest BCUT2D eigenvalue weighted by molar-refractivity contribution is 5.98. The van der Waals surface area contributed by atoms with Crippen molar-refractivity contribution in [1.82, 2.24) is 4.98 Å². The Kier molecular flexibility index (Phi) is 7.72. The number of rotatable bonds is 8. The van der Waals surface area contributed by atoms with Gasteiger partial charge < -0.3 is 24.3 Å². The first-order chi connectivity index (χ1) is 14.0. The van der Waals surface area contributed by atoms with Crippen molar-refractivity contribution < 1.29 is 33.3 Å². The first-order valence-corrected chi connectivity index (χ1v) is 8.53. The number of hydrogen-bond donors (Lipinski definition) is 1. The van der Waals surface area contributed by atoms with E-state index in [4.69, 9.17) is 9.47 Å². The van der Waals surface area contributed by atoms with Crippen LogP contribution in [0.4, 0.5) is 5.69 Å². The molecule has 0 atom stereocenters. The SMILES string of the molecule is CCOC(=O)c1ccnc(Oc2ccc(N/C(=C/C(=O)OC)C(=O)OC)cc2)c1. The molecule has 0 saturated carbocycles. The van der Waals surface area contributed by atoms with Crippen LogP contribution in [0.15, 0.2) is 54.4 Å². The molecule has 0 unspecified atom stereocenters. The third-order valence-corrected chi connectivity index (χ3v) is 3.47. The molecule has 0 aliphatic heterocycles. The van der Waals surface area contributed by atoms with Crippen molar-refractivity contribution in [3.63, 3.8) is 0 Å². The quantitative estimate of drug-likeness (QED) is 0.406. The van der Waals surface area contributed by atoms with Crippen LogP contribution in [0.5, 0.6) is 11.6 Å². The van der Waals surface area contributed by atoms with Gasteiger partial charge in [-0.05, 0) is 37.3 Å². The molecular formula is C20H20N2O7. The van der Waals surface area contributed by atoms with E-state index in [2.05, 4.69) is 19.8 Å². The van der Waals surface area contributed by atoms with Crippen molar-refractivity contribution in [3.05, 3.63) is 59.9 Å². The Hall–Kier alpha value is -3.88. The molecule has 0 fully saturated rings. The van der Waals surface area contributed by atoms with Gasteiger partial charge in [-0.1, -0.05) is 0 Å². The minimum atomic E-state index is -0.726. The summed E-state index contributed by atoms with van der Waals surface area (Å²) >= 11 is 0. The normalized spacial score (nSPS) is 10.7. The van der Waals surface area contributed by atoms with Gasteiger partial charge in [0, 0.05) is 18.0 Å². The summed E-state index contributed by atoms with van der Waals surface area (Å²) in [6, 6.07) is 9.48. The molecule has 1 heterocycles. The lowest BCUT2D eigenvalue weighted by Gasteiger charge is -2.10. The summed E-state index contributed by atoms with van der Waals surface area (Å²) in [6.45, 7) is 1.99. The molecule has 0 aliphatic rings. The van der Waals surface area contributed by atoms with Gasteiger partial charge in [-0.2, -0.15) is 0 Å². The van der Waals surface area contributed by atoms with Gasteiger partial charge in [0.25, 0.3) is 0 Å². The maximum atomic E-state index is 11.8. The Labute approximate surface area is 167 Å². The lowest BCUT2D eigenvalue weighted by atomic mass is 10.2. The average molecular weight is 400 g/mol. The van der Waals surface area contributed by atoms with Crippen LogP contribution in [-0.2, 0) is 23.8 Å². The third-order valence-electron chi connectivity index (χ3n) is 3.47. The van der Waals surface area contributed by atoms with Crippen LogP contribution in [0.3, 0.4) is 0 Å². The average Bonchev–Trinajstić information content (AvgIpc) is 2.74. The van der Waals surface area contributed by atoms with Crippen molar-refractivity contribution in [1.29, 1.82) is 0 Å². The molecule has 0 bridgehead atoms. The van der Waals surface area contributed by atoms with Crippen molar-refractivity contribution in [2.75, 3.05) is 26.1 Å². The number of carbonyl (C=O) groups excluding carboxylic acids is 3. The fraction of sp³-hybridized carbons (Fsp3) is 0.200. The second-order valence-electron chi connectivity index (χ2n) is 5.43. The molecule has 2 rings (SSSR count). The Bertz CT molecular complexity index is 907. The number of ether oxygens (including phenoxy) is 4. The molecule has 0 radical (unpaired) electrons. The van der Waals surface area contributed by atoms with Crippen LogP contribution in [-0.4, -0.2) is 43.7 Å². The summed E-state index contributed by atoms with van der Waals surface area (Å²) in [5.74, 6) is -1.23. The van der Waals surface area contributed by atoms with Gasteiger partial charge >= 0.3 is 17.9 Å². The summed E-state index contributed by atoms with van der Waals surface area (Å²) in [6.07, 6.45) is 2.43. The lowest BCUT2D eigenvalue weighted by Crippen LogP contribution is -2.15. The maximum Gasteiger partial charge on any atom is 0.354 e. The molecule has 2 aromatic rings. The number of benzene rings is 1. The monoisotopic (exact) mass is 400 g/mol. The second-order valence-corrected chi connectivity index (χ2v) is 5.43. The molecule has 0 amide bonds. The largest absolute Gasteiger partial charge is 0.466 e. The van der Waals surface area contributed by atoms with Gasteiger partial charge in [-0.3, -0.25) is 0 Å². The molecule has 152 valence electrons. The van der Waals surface area contributed by atoms with Gasteiger partial charge in [0.1, 0.15) is 11.4 Å². The Morgan fingerprint density at radius 1 is 1.07 bits per heavy atom. The number of hydrogen-bond acceptors (Lipinski definition) is 9. The van der Waals surface area contributed by atoms with E-state index in [1.54, 1.807) is 31.2 Å². The third kappa shape index (κ3) is 6.35. The number of anilines is 1. The fourth-order valence-corrected chi connectivity index (χ4v) is 2.12. The number of carbonyl (C=O) groups is 3. The van der Waals surface area contributed by atoms with Crippen LogP contribution in [0.25, 0.3) is 0 Å². The number of esters is 3. The Morgan fingerprint density at radius 3 is 2.41 bits per heavy atom. The first-order valence-electron chi connectivity index (χ1n) is 8.53. The predicted molar refractivity (Wildman–Crippen MR) is 102 cm³/mol. The van der Waals surface area contributed by atoms with Crippen LogP contribution < -0.4 is 10.1 Å². The topological polar surface area (TPSA) is 113 Å². The molecule has 9 heteroatoms. The smallest absolute Gasteiger partial charge is 0.354 e. The molecule has 0 saturated heterocycles. The second kappa shape index (κ2) is 10.5. The summed E-state index contributed by atoms with van der Waals surface area (Å²) in [5.41, 5.74) is 0.744. The van der Waals surface area contributed by atoms with E-state index < -0.39 is 17.9 Å². The van der Waals surface area contributed by atoms with Crippen LogP contribution in [0.2, 0.25) is 0 Å². The summed E-state index contributed by atoms with van der Waals surface area (Å²) in [4.78, 5) is 39.0. The van der Waals surface area contributed by atoms with E-state index >= 15 is 0 Å². The van der Waals surface area contributed by atoms with E-state index in [9.17, 15) is 14.4 Å². The van der Waals surface area contributed by atoms with Crippen LogP contribution >= 0.6 is 0 Å². The molecule has 1 aromatic heterocycles. The minimum absolute atomic E-state index is 0.0863. The molecule has 1 aromatic carbocycles. The van der Waals surface area contributed by atoms with E-state index in [-0.39, 0.29) is 18.2 Å². The van der Waals surface area contributed by atoms with Crippen molar-refractivity contribution in [3.8, 4) is 11.6 Å². The van der Waals surface area contributed by atoms with Gasteiger partial charge in [-0.25, -0.2) is 19.4 Å². The predicted octanol–water partition coefficient (Wildman–Crippen LogP) is 2.69. The highest BCUT2D eigenvalue weighted by Gasteiger charge is 2.13. The van der Waals surface area contributed by atoms with Gasteiger partial charge in [0.2, 0.25) is 5.88 Å².